The van der Waals surface area contributed by atoms with E-state index >= 15 is 0 Å². The molecule has 0 aliphatic rings. The zero-order chi connectivity index (χ0) is 22.9. The molecule has 4 rings (SSSR count). The summed E-state index contributed by atoms with van der Waals surface area (Å²) >= 11 is 0. The molecule has 2 heterocycles. The third-order valence-corrected chi connectivity index (χ3v) is 5.47. The summed E-state index contributed by atoms with van der Waals surface area (Å²) in [5.74, 6) is 0.660. The standard InChI is InChI=1S/C20H17F3N6O2S/c1-12-9-13-10-15(5-6-17(13)25-12)26-18-7-8-24-19(28-18)27-14-3-2-4-16(11-14)29-32(30,31)20(21,22)23/h2-11,25,29H,1H3,(H2,24,26,27,28). The van der Waals surface area contributed by atoms with E-state index in [1.807, 2.05) is 31.2 Å². The van der Waals surface area contributed by atoms with Crippen LogP contribution >= 0.6 is 0 Å². The number of hydrogen-bond donors (Lipinski definition) is 4. The van der Waals surface area contributed by atoms with Crippen molar-refractivity contribution in [1.29, 1.82) is 0 Å². The summed E-state index contributed by atoms with van der Waals surface area (Å²) in [6.07, 6.45) is 1.51. The number of anilines is 5. The van der Waals surface area contributed by atoms with Gasteiger partial charge in [-0.25, -0.2) is 4.98 Å². The SMILES string of the molecule is Cc1cc2cc(Nc3ccnc(Nc4cccc(NS(=O)(=O)C(F)(F)F)c4)n3)ccc2[nH]1. The van der Waals surface area contributed by atoms with E-state index in [0.29, 0.717) is 11.5 Å². The highest BCUT2D eigenvalue weighted by Crippen LogP contribution is 2.27. The highest BCUT2D eigenvalue weighted by molar-refractivity contribution is 7.93. The van der Waals surface area contributed by atoms with E-state index in [4.69, 9.17) is 0 Å². The van der Waals surface area contributed by atoms with Gasteiger partial charge in [0.15, 0.2) is 0 Å². The minimum atomic E-state index is -5.52. The van der Waals surface area contributed by atoms with Crippen LogP contribution in [0.3, 0.4) is 0 Å². The van der Waals surface area contributed by atoms with E-state index < -0.39 is 15.5 Å². The Bertz CT molecular complexity index is 1390. The van der Waals surface area contributed by atoms with Crippen molar-refractivity contribution < 1.29 is 21.6 Å². The lowest BCUT2D eigenvalue weighted by Crippen LogP contribution is -2.29. The summed E-state index contributed by atoms with van der Waals surface area (Å²) in [6, 6.07) is 14.8. The predicted octanol–water partition coefficient (Wildman–Crippen LogP) is 5.02. The molecule has 0 saturated heterocycles. The first kappa shape index (κ1) is 21.4. The highest BCUT2D eigenvalue weighted by Gasteiger charge is 2.46. The summed E-state index contributed by atoms with van der Waals surface area (Å²) in [5.41, 5.74) is -2.50. The van der Waals surface area contributed by atoms with Crippen LogP contribution in [0.2, 0.25) is 0 Å². The first-order valence-corrected chi connectivity index (χ1v) is 10.7. The lowest BCUT2D eigenvalue weighted by atomic mass is 10.2. The van der Waals surface area contributed by atoms with Crippen LogP contribution in [-0.4, -0.2) is 28.9 Å². The number of nitrogens with zero attached hydrogens (tertiary/aromatic N) is 2. The number of aromatic nitrogens is 3. The Morgan fingerprint density at radius 3 is 2.47 bits per heavy atom. The van der Waals surface area contributed by atoms with Crippen molar-refractivity contribution in [2.24, 2.45) is 0 Å². The molecule has 32 heavy (non-hydrogen) atoms. The zero-order valence-electron chi connectivity index (χ0n) is 16.5. The number of aromatic amines is 1. The number of sulfonamides is 1. The molecule has 0 saturated carbocycles. The number of fused-ring (bicyclic) bond motifs is 1. The Labute approximate surface area is 181 Å². The van der Waals surface area contributed by atoms with Gasteiger partial charge < -0.3 is 15.6 Å². The van der Waals surface area contributed by atoms with E-state index in [1.54, 1.807) is 6.07 Å². The van der Waals surface area contributed by atoms with Crippen LogP contribution in [-0.2, 0) is 10.0 Å². The fourth-order valence-corrected chi connectivity index (χ4v) is 3.55. The molecule has 0 aliphatic heterocycles. The molecule has 0 radical (unpaired) electrons. The Balaban J connectivity index is 1.50. The van der Waals surface area contributed by atoms with E-state index in [9.17, 15) is 21.6 Å². The molecule has 12 heteroatoms. The third kappa shape index (κ3) is 4.75. The van der Waals surface area contributed by atoms with Crippen LogP contribution < -0.4 is 15.4 Å². The zero-order valence-corrected chi connectivity index (χ0v) is 17.3. The maximum atomic E-state index is 12.6. The Hall–Kier alpha value is -3.80. The lowest BCUT2D eigenvalue weighted by Gasteiger charge is -2.12. The number of nitrogens with one attached hydrogen (secondary N) is 4. The average Bonchev–Trinajstić information content (AvgIpc) is 3.06. The lowest BCUT2D eigenvalue weighted by molar-refractivity contribution is -0.0429. The number of alkyl halides is 3. The molecule has 0 atom stereocenters. The molecular weight excluding hydrogens is 445 g/mol. The fourth-order valence-electron chi connectivity index (χ4n) is 2.99. The number of benzene rings is 2. The fraction of sp³-hybridized carbons (Fsp3) is 0.100. The smallest absolute Gasteiger partial charge is 0.359 e. The minimum Gasteiger partial charge on any atom is -0.359 e. The van der Waals surface area contributed by atoms with Gasteiger partial charge in [0.1, 0.15) is 5.82 Å². The van der Waals surface area contributed by atoms with Crippen molar-refractivity contribution in [3.05, 3.63) is 66.5 Å². The molecule has 0 spiro atoms. The Morgan fingerprint density at radius 1 is 0.938 bits per heavy atom. The van der Waals surface area contributed by atoms with E-state index in [2.05, 4.69) is 25.6 Å². The highest BCUT2D eigenvalue weighted by atomic mass is 32.2. The average molecular weight is 462 g/mol. The number of H-pyrrole nitrogens is 1. The second-order valence-corrected chi connectivity index (χ2v) is 8.58. The molecule has 0 aliphatic carbocycles. The minimum absolute atomic E-state index is 0.171. The van der Waals surface area contributed by atoms with Crippen LogP contribution in [0, 0.1) is 6.92 Å². The van der Waals surface area contributed by atoms with Crippen LogP contribution in [0.15, 0.2) is 60.8 Å². The summed E-state index contributed by atoms with van der Waals surface area (Å²) in [4.78, 5) is 11.7. The first-order chi connectivity index (χ1) is 15.1. The maximum Gasteiger partial charge on any atom is 0.516 e. The van der Waals surface area contributed by atoms with Crippen molar-refractivity contribution in [3.8, 4) is 0 Å². The van der Waals surface area contributed by atoms with Gasteiger partial charge in [0, 0.05) is 34.2 Å². The number of halogens is 3. The second kappa shape index (κ2) is 8.04. The van der Waals surface area contributed by atoms with Gasteiger partial charge in [0.25, 0.3) is 0 Å². The third-order valence-electron chi connectivity index (χ3n) is 4.36. The van der Waals surface area contributed by atoms with E-state index in [1.165, 1.54) is 35.2 Å². The molecule has 0 bridgehead atoms. The first-order valence-electron chi connectivity index (χ1n) is 9.25. The molecule has 0 unspecified atom stereocenters. The molecule has 2 aromatic heterocycles. The van der Waals surface area contributed by atoms with Crippen molar-refractivity contribution >= 4 is 49.8 Å². The van der Waals surface area contributed by atoms with Crippen molar-refractivity contribution in [3.63, 3.8) is 0 Å². The summed E-state index contributed by atoms with van der Waals surface area (Å²) in [5, 5.41) is 7.05. The number of rotatable bonds is 6. The van der Waals surface area contributed by atoms with Gasteiger partial charge in [0.2, 0.25) is 5.95 Å². The molecule has 0 amide bonds. The molecule has 4 aromatic rings. The topological polar surface area (TPSA) is 112 Å². The number of hydrogen-bond acceptors (Lipinski definition) is 6. The van der Waals surface area contributed by atoms with E-state index in [-0.39, 0.29) is 11.6 Å². The van der Waals surface area contributed by atoms with Gasteiger partial charge in [-0.2, -0.15) is 26.6 Å². The van der Waals surface area contributed by atoms with Gasteiger partial charge >= 0.3 is 15.5 Å². The van der Waals surface area contributed by atoms with Gasteiger partial charge in [0.05, 0.1) is 5.69 Å². The van der Waals surface area contributed by atoms with Crippen molar-refractivity contribution in [2.75, 3.05) is 15.4 Å². The molecule has 166 valence electrons. The van der Waals surface area contributed by atoms with Crippen LogP contribution in [0.25, 0.3) is 10.9 Å². The largest absolute Gasteiger partial charge is 0.516 e. The predicted molar refractivity (Wildman–Crippen MR) is 117 cm³/mol. The summed E-state index contributed by atoms with van der Waals surface area (Å²) in [7, 11) is -5.52. The maximum absolute atomic E-state index is 12.6. The Kier molecular flexibility index (Phi) is 5.38. The van der Waals surface area contributed by atoms with Crippen molar-refractivity contribution in [2.45, 2.75) is 12.4 Å². The van der Waals surface area contributed by atoms with Gasteiger partial charge in [-0.05, 0) is 55.5 Å². The molecule has 4 N–H and O–H groups in total. The van der Waals surface area contributed by atoms with Crippen LogP contribution in [0.4, 0.5) is 42.0 Å². The monoisotopic (exact) mass is 462 g/mol. The van der Waals surface area contributed by atoms with Crippen molar-refractivity contribution in [1.82, 2.24) is 15.0 Å². The van der Waals surface area contributed by atoms with Gasteiger partial charge in [-0.15, -0.1) is 0 Å². The van der Waals surface area contributed by atoms with E-state index in [0.717, 1.165) is 22.3 Å². The molecular formula is C20H17F3N6O2S. The van der Waals surface area contributed by atoms with Gasteiger partial charge in [-0.1, -0.05) is 6.07 Å². The van der Waals surface area contributed by atoms with Gasteiger partial charge in [-0.3, -0.25) is 4.72 Å². The molecule has 8 nitrogen and oxygen atoms in total. The quantitative estimate of drug-likeness (QED) is 0.320. The van der Waals surface area contributed by atoms with Crippen LogP contribution in [0.5, 0.6) is 0 Å². The molecule has 0 fully saturated rings. The van der Waals surface area contributed by atoms with Crippen LogP contribution in [0.1, 0.15) is 5.69 Å². The number of aryl methyl sites for hydroxylation is 1. The normalized spacial score (nSPS) is 12.0. The summed E-state index contributed by atoms with van der Waals surface area (Å²) < 4.78 is 61.8. The molecule has 2 aromatic carbocycles. The Morgan fingerprint density at radius 2 is 1.69 bits per heavy atom. The second-order valence-electron chi connectivity index (χ2n) is 6.90. The summed E-state index contributed by atoms with van der Waals surface area (Å²) in [6.45, 7) is 1.97.